The summed E-state index contributed by atoms with van der Waals surface area (Å²) >= 11 is 0. The number of methoxy groups -OCH3 is 1. The van der Waals surface area contributed by atoms with Gasteiger partial charge < -0.3 is 14.8 Å². The zero-order valence-corrected chi connectivity index (χ0v) is 13.5. The average molecular weight is 339 g/mol. The van der Waals surface area contributed by atoms with Crippen LogP contribution in [0.3, 0.4) is 0 Å². The second-order valence-corrected chi connectivity index (χ2v) is 6.47. The minimum atomic E-state index is -5.14. The second kappa shape index (κ2) is 6.37. The van der Waals surface area contributed by atoms with E-state index < -0.39 is 53.4 Å². The Morgan fingerprint density at radius 2 is 1.65 bits per heavy atom. The van der Waals surface area contributed by atoms with Gasteiger partial charge in [-0.2, -0.15) is 13.2 Å². The number of amides is 1. The highest BCUT2D eigenvalue weighted by Crippen LogP contribution is 2.49. The number of carbonyl (C=O) groups is 3. The van der Waals surface area contributed by atoms with Crippen molar-refractivity contribution in [3.8, 4) is 0 Å². The topological polar surface area (TPSA) is 81.7 Å². The average Bonchev–Trinajstić information content (AvgIpc) is 3.02. The number of nitrogens with one attached hydrogen (secondary N) is 1. The molecular weight excluding hydrogens is 319 g/mol. The highest BCUT2D eigenvalue weighted by molar-refractivity contribution is 5.89. The summed E-state index contributed by atoms with van der Waals surface area (Å²) in [7, 11) is 1.14. The van der Waals surface area contributed by atoms with E-state index in [2.05, 4.69) is 4.74 Å². The molecule has 9 heteroatoms. The molecule has 23 heavy (non-hydrogen) atoms. The summed E-state index contributed by atoms with van der Waals surface area (Å²) in [6, 6.07) is -1.57. The van der Waals surface area contributed by atoms with Gasteiger partial charge in [0, 0.05) is 5.92 Å². The fourth-order valence-electron chi connectivity index (χ4n) is 2.41. The summed E-state index contributed by atoms with van der Waals surface area (Å²) in [5.74, 6) is -5.88. The van der Waals surface area contributed by atoms with Crippen molar-refractivity contribution in [2.75, 3.05) is 7.11 Å². The molecule has 6 nitrogen and oxygen atoms in total. The predicted octanol–water partition coefficient (Wildman–Crippen LogP) is 1.43. The van der Waals surface area contributed by atoms with Gasteiger partial charge >= 0.3 is 24.0 Å². The van der Waals surface area contributed by atoms with Crippen LogP contribution in [-0.2, 0) is 23.9 Å². The molecular formula is C14H20F3NO5. The van der Waals surface area contributed by atoms with Crippen LogP contribution in [0.5, 0.6) is 0 Å². The van der Waals surface area contributed by atoms with Gasteiger partial charge in [0.15, 0.2) is 0 Å². The standard InChI is InChI=1S/C14H20F3NO5/c1-6-7(8(6)10(19)22-5)9(11(20)23-13(2,3)4)18-12(21)14(15,16)17/h6-9H,1-5H3,(H,18,21)/t6-,7-,8-,9-/m1/s1. The van der Waals surface area contributed by atoms with Crippen molar-refractivity contribution in [1.82, 2.24) is 5.32 Å². The lowest BCUT2D eigenvalue weighted by Crippen LogP contribution is -2.50. The zero-order chi connectivity index (χ0) is 18.2. The molecule has 0 aromatic heterocycles. The summed E-state index contributed by atoms with van der Waals surface area (Å²) in [4.78, 5) is 34.9. The van der Waals surface area contributed by atoms with Crippen LogP contribution in [0.25, 0.3) is 0 Å². The Kier molecular flexibility index (Phi) is 5.33. The molecule has 1 aliphatic rings. The normalized spacial score (nSPS) is 25.3. The highest BCUT2D eigenvalue weighted by Gasteiger charge is 2.60. The van der Waals surface area contributed by atoms with Crippen LogP contribution in [0.2, 0.25) is 0 Å². The fraction of sp³-hybridized carbons (Fsp3) is 0.786. The Morgan fingerprint density at radius 1 is 1.13 bits per heavy atom. The van der Waals surface area contributed by atoms with Gasteiger partial charge in [0.2, 0.25) is 0 Å². The van der Waals surface area contributed by atoms with E-state index in [1.165, 1.54) is 0 Å². The molecule has 0 heterocycles. The maximum absolute atomic E-state index is 12.5. The maximum atomic E-state index is 12.5. The Balaban J connectivity index is 2.97. The summed E-state index contributed by atoms with van der Waals surface area (Å²) < 4.78 is 47.0. The third-order valence-electron chi connectivity index (χ3n) is 3.51. The zero-order valence-electron chi connectivity index (χ0n) is 13.5. The van der Waals surface area contributed by atoms with Gasteiger partial charge in [-0.3, -0.25) is 9.59 Å². The van der Waals surface area contributed by atoms with Crippen LogP contribution < -0.4 is 5.32 Å². The molecule has 4 atom stereocenters. The molecule has 0 unspecified atom stereocenters. The summed E-state index contributed by atoms with van der Waals surface area (Å²) in [6.07, 6.45) is -5.14. The fourth-order valence-corrected chi connectivity index (χ4v) is 2.41. The van der Waals surface area contributed by atoms with Gasteiger partial charge in [0.1, 0.15) is 11.6 Å². The molecule has 0 aromatic rings. The SMILES string of the molecule is COC(=O)[C@@H]1[C@H](C)[C@H]1[C@@H](NC(=O)C(F)(F)F)C(=O)OC(C)(C)C. The van der Waals surface area contributed by atoms with Crippen molar-refractivity contribution in [3.05, 3.63) is 0 Å². The molecule has 132 valence electrons. The van der Waals surface area contributed by atoms with Gasteiger partial charge in [-0.1, -0.05) is 6.92 Å². The molecule has 1 aliphatic carbocycles. The van der Waals surface area contributed by atoms with Crippen LogP contribution in [-0.4, -0.2) is 42.8 Å². The number of ether oxygens (including phenoxy) is 2. The van der Waals surface area contributed by atoms with Crippen molar-refractivity contribution in [3.63, 3.8) is 0 Å². The van der Waals surface area contributed by atoms with Gasteiger partial charge in [-0.15, -0.1) is 0 Å². The molecule has 1 fully saturated rings. The summed E-state index contributed by atoms with van der Waals surface area (Å²) in [5.41, 5.74) is -0.947. The first kappa shape index (κ1) is 19.2. The Morgan fingerprint density at radius 3 is 2.04 bits per heavy atom. The molecule has 0 radical (unpaired) electrons. The number of esters is 2. The van der Waals surface area contributed by atoms with Crippen LogP contribution >= 0.6 is 0 Å². The smallest absolute Gasteiger partial charge is 0.469 e. The maximum Gasteiger partial charge on any atom is 0.471 e. The summed E-state index contributed by atoms with van der Waals surface area (Å²) in [6.45, 7) is 6.22. The van der Waals surface area contributed by atoms with Gasteiger partial charge in [-0.05, 0) is 26.7 Å². The molecule has 0 aliphatic heterocycles. The van der Waals surface area contributed by atoms with Crippen LogP contribution in [0.1, 0.15) is 27.7 Å². The first-order chi connectivity index (χ1) is 10.3. The second-order valence-electron chi connectivity index (χ2n) is 6.47. The molecule has 1 amide bonds. The van der Waals surface area contributed by atoms with Gasteiger partial charge in [-0.25, -0.2) is 4.79 Å². The van der Waals surface area contributed by atoms with E-state index >= 15 is 0 Å². The molecule has 1 saturated carbocycles. The molecule has 1 N–H and O–H groups in total. The van der Waals surface area contributed by atoms with E-state index in [4.69, 9.17) is 4.74 Å². The Hall–Kier alpha value is -1.80. The highest BCUT2D eigenvalue weighted by atomic mass is 19.4. The largest absolute Gasteiger partial charge is 0.471 e. The van der Waals surface area contributed by atoms with E-state index in [-0.39, 0.29) is 0 Å². The van der Waals surface area contributed by atoms with Gasteiger partial charge in [0.05, 0.1) is 13.0 Å². The van der Waals surface area contributed by atoms with Crippen molar-refractivity contribution in [2.45, 2.75) is 45.5 Å². The van der Waals surface area contributed by atoms with E-state index in [1.807, 2.05) is 0 Å². The molecule has 0 spiro atoms. The number of rotatable bonds is 4. The van der Waals surface area contributed by atoms with E-state index in [0.717, 1.165) is 7.11 Å². The molecule has 0 bridgehead atoms. The van der Waals surface area contributed by atoms with E-state index in [9.17, 15) is 27.6 Å². The molecule has 0 aromatic carbocycles. The summed E-state index contributed by atoms with van der Waals surface area (Å²) in [5, 5.41) is 1.63. The first-order valence-corrected chi connectivity index (χ1v) is 6.98. The van der Waals surface area contributed by atoms with E-state index in [0.29, 0.717) is 0 Å². The monoisotopic (exact) mass is 339 g/mol. The predicted molar refractivity (Wildman–Crippen MR) is 72.0 cm³/mol. The number of carbonyl (C=O) groups excluding carboxylic acids is 3. The number of alkyl halides is 3. The van der Waals surface area contributed by atoms with Crippen LogP contribution in [0.4, 0.5) is 13.2 Å². The lowest BCUT2D eigenvalue weighted by molar-refractivity contribution is -0.177. The number of hydrogen-bond donors (Lipinski definition) is 1. The lowest BCUT2D eigenvalue weighted by Gasteiger charge is -2.25. The Bertz CT molecular complexity index is 498. The van der Waals surface area contributed by atoms with Crippen molar-refractivity contribution in [1.29, 1.82) is 0 Å². The molecule has 0 saturated heterocycles. The minimum Gasteiger partial charge on any atom is -0.469 e. The van der Waals surface area contributed by atoms with Crippen LogP contribution in [0.15, 0.2) is 0 Å². The molecule has 1 rings (SSSR count). The van der Waals surface area contributed by atoms with Crippen molar-refractivity contribution >= 4 is 17.8 Å². The van der Waals surface area contributed by atoms with E-state index in [1.54, 1.807) is 33.0 Å². The third-order valence-corrected chi connectivity index (χ3v) is 3.51. The lowest BCUT2D eigenvalue weighted by atomic mass is 10.1. The van der Waals surface area contributed by atoms with Gasteiger partial charge in [0.25, 0.3) is 0 Å². The van der Waals surface area contributed by atoms with Crippen molar-refractivity contribution in [2.24, 2.45) is 17.8 Å². The number of halogens is 3. The third kappa shape index (κ3) is 4.84. The van der Waals surface area contributed by atoms with Crippen molar-refractivity contribution < 1.29 is 37.0 Å². The minimum absolute atomic E-state index is 0.409. The Labute approximate surface area is 131 Å². The number of hydrogen-bond acceptors (Lipinski definition) is 5. The van der Waals surface area contributed by atoms with Crippen LogP contribution in [0, 0.1) is 17.8 Å². The quantitative estimate of drug-likeness (QED) is 0.784. The first-order valence-electron chi connectivity index (χ1n) is 6.98.